The molecule has 0 bridgehead atoms. The lowest BCUT2D eigenvalue weighted by atomic mass is 10.2. The number of aromatic amines is 1. The zero-order chi connectivity index (χ0) is 19.9. The monoisotopic (exact) mass is 414 g/mol. The second kappa shape index (κ2) is 9.43. The van der Waals surface area contributed by atoms with Gasteiger partial charge in [-0.2, -0.15) is 0 Å². The van der Waals surface area contributed by atoms with Crippen LogP contribution in [0.3, 0.4) is 0 Å². The van der Waals surface area contributed by atoms with Gasteiger partial charge in [0.1, 0.15) is 18.2 Å². The van der Waals surface area contributed by atoms with E-state index < -0.39 is 5.97 Å². The maximum absolute atomic E-state index is 11.4. The van der Waals surface area contributed by atoms with Crippen molar-refractivity contribution in [1.29, 1.82) is 0 Å². The number of carboxylic acid groups (broad SMARTS) is 1. The summed E-state index contributed by atoms with van der Waals surface area (Å²) in [7, 11) is 0. The number of benzene rings is 2. The van der Waals surface area contributed by atoms with Crippen LogP contribution in [0.25, 0.3) is 6.08 Å². The van der Waals surface area contributed by atoms with Crippen molar-refractivity contribution in [2.45, 2.75) is 25.1 Å². The number of nitrogens with zero attached hydrogens (tertiary/aromatic N) is 2. The highest BCUT2D eigenvalue weighted by atomic mass is 35.5. The zero-order valence-corrected chi connectivity index (χ0v) is 16.6. The van der Waals surface area contributed by atoms with Gasteiger partial charge in [0.2, 0.25) is 5.16 Å². The van der Waals surface area contributed by atoms with Crippen LogP contribution in [-0.2, 0) is 17.8 Å². The largest absolute Gasteiger partial charge is 0.544 e. The first kappa shape index (κ1) is 20.0. The van der Waals surface area contributed by atoms with Gasteiger partial charge in [-0.3, -0.25) is 5.10 Å². The van der Waals surface area contributed by atoms with Crippen molar-refractivity contribution in [3.05, 3.63) is 75.4 Å². The molecular weight excluding hydrogens is 398 g/mol. The Hall–Kier alpha value is -2.77. The lowest BCUT2D eigenvalue weighted by Crippen LogP contribution is -2.23. The van der Waals surface area contributed by atoms with Crippen LogP contribution in [0, 0.1) is 0 Å². The highest BCUT2D eigenvalue weighted by molar-refractivity contribution is 8.04. The van der Waals surface area contributed by atoms with E-state index >= 15 is 0 Å². The molecule has 0 radical (unpaired) electrons. The van der Waals surface area contributed by atoms with E-state index in [-0.39, 0.29) is 4.91 Å². The maximum Gasteiger partial charge on any atom is 0.213 e. The SMILES string of the molecule is CCc1nc(S/C(=C\c2ccc(OCc3ccccc3Cl)cc2)C(=O)[O-])n[nH]1. The number of aliphatic carboxylic acids is 1. The Kier molecular flexibility index (Phi) is 6.73. The lowest BCUT2D eigenvalue weighted by Gasteiger charge is -2.09. The fourth-order valence-electron chi connectivity index (χ4n) is 2.30. The van der Waals surface area contributed by atoms with E-state index in [1.54, 1.807) is 24.3 Å². The van der Waals surface area contributed by atoms with Gasteiger partial charge >= 0.3 is 0 Å². The second-order valence-corrected chi connectivity index (χ2v) is 7.18. The third-order valence-corrected chi connectivity index (χ3v) is 5.02. The fourth-order valence-corrected chi connectivity index (χ4v) is 3.21. The molecule has 3 aromatic rings. The topological polar surface area (TPSA) is 90.9 Å². The summed E-state index contributed by atoms with van der Waals surface area (Å²) in [6, 6.07) is 14.5. The highest BCUT2D eigenvalue weighted by Gasteiger charge is 2.08. The van der Waals surface area contributed by atoms with Gasteiger partial charge in [0.15, 0.2) is 0 Å². The predicted octanol–water partition coefficient (Wildman–Crippen LogP) is 3.48. The number of aromatic nitrogens is 3. The number of thioether (sulfide) groups is 1. The van der Waals surface area contributed by atoms with Crippen LogP contribution in [-0.4, -0.2) is 21.2 Å². The van der Waals surface area contributed by atoms with E-state index in [1.165, 1.54) is 6.08 Å². The number of ether oxygens (including phenoxy) is 1. The quantitative estimate of drug-likeness (QED) is 0.448. The Morgan fingerprint density at radius 3 is 2.64 bits per heavy atom. The molecule has 3 rings (SSSR count). The van der Waals surface area contributed by atoms with Gasteiger partial charge in [-0.15, -0.1) is 5.10 Å². The van der Waals surface area contributed by atoms with E-state index in [0.29, 0.717) is 40.3 Å². The summed E-state index contributed by atoms with van der Waals surface area (Å²) in [5.74, 6) is 0.0633. The number of nitrogens with one attached hydrogen (secondary N) is 1. The summed E-state index contributed by atoms with van der Waals surface area (Å²) in [5, 5.41) is 19.2. The molecule has 144 valence electrons. The van der Waals surface area contributed by atoms with E-state index in [4.69, 9.17) is 16.3 Å². The number of carboxylic acids is 1. The average molecular weight is 415 g/mol. The first-order valence-electron chi connectivity index (χ1n) is 8.53. The minimum atomic E-state index is -1.29. The number of hydrogen-bond donors (Lipinski definition) is 1. The molecule has 1 heterocycles. The van der Waals surface area contributed by atoms with Crippen molar-refractivity contribution < 1.29 is 14.6 Å². The molecule has 0 spiro atoms. The molecule has 0 fully saturated rings. The van der Waals surface area contributed by atoms with Crippen molar-refractivity contribution >= 4 is 35.4 Å². The normalized spacial score (nSPS) is 11.4. The van der Waals surface area contributed by atoms with Gasteiger partial charge in [0.05, 0.1) is 5.97 Å². The van der Waals surface area contributed by atoms with Crippen molar-refractivity contribution in [1.82, 2.24) is 15.2 Å². The third kappa shape index (κ3) is 5.37. The minimum absolute atomic E-state index is 0.0198. The van der Waals surface area contributed by atoms with Crippen LogP contribution < -0.4 is 9.84 Å². The van der Waals surface area contributed by atoms with Gasteiger partial charge in [0.25, 0.3) is 0 Å². The molecule has 0 aliphatic heterocycles. The van der Waals surface area contributed by atoms with E-state index in [9.17, 15) is 9.90 Å². The molecule has 0 unspecified atom stereocenters. The van der Waals surface area contributed by atoms with Crippen LogP contribution in [0.15, 0.2) is 58.6 Å². The van der Waals surface area contributed by atoms with Gasteiger partial charge in [-0.25, -0.2) is 4.98 Å². The molecular formula is C20H17ClN3O3S-. The van der Waals surface area contributed by atoms with E-state index in [1.807, 2.05) is 31.2 Å². The molecule has 28 heavy (non-hydrogen) atoms. The fraction of sp³-hybridized carbons (Fsp3) is 0.150. The molecule has 0 saturated heterocycles. The molecule has 0 aliphatic carbocycles. The number of rotatable bonds is 8. The second-order valence-electron chi connectivity index (χ2n) is 5.77. The molecule has 6 nitrogen and oxygen atoms in total. The van der Waals surface area contributed by atoms with Gasteiger partial charge < -0.3 is 14.6 Å². The Morgan fingerprint density at radius 1 is 1.25 bits per heavy atom. The van der Waals surface area contributed by atoms with Crippen LogP contribution in [0.2, 0.25) is 5.02 Å². The maximum atomic E-state index is 11.4. The lowest BCUT2D eigenvalue weighted by molar-refractivity contribution is -0.297. The van der Waals surface area contributed by atoms with Crippen LogP contribution in [0.5, 0.6) is 5.75 Å². The van der Waals surface area contributed by atoms with Crippen LogP contribution in [0.4, 0.5) is 0 Å². The van der Waals surface area contributed by atoms with Gasteiger partial charge in [0, 0.05) is 21.9 Å². The van der Waals surface area contributed by atoms with Crippen molar-refractivity contribution in [2.75, 3.05) is 0 Å². The Morgan fingerprint density at radius 2 is 2.00 bits per heavy atom. The van der Waals surface area contributed by atoms with Crippen LogP contribution in [0.1, 0.15) is 23.9 Å². The smallest absolute Gasteiger partial charge is 0.213 e. The number of halogens is 1. The molecule has 0 atom stereocenters. The van der Waals surface area contributed by atoms with E-state index in [2.05, 4.69) is 15.2 Å². The number of H-pyrrole nitrogens is 1. The van der Waals surface area contributed by atoms with Crippen molar-refractivity contribution in [3.63, 3.8) is 0 Å². The number of hydrogen-bond acceptors (Lipinski definition) is 6. The summed E-state index contributed by atoms with van der Waals surface area (Å²) in [6.07, 6.45) is 2.20. The molecule has 1 aromatic heterocycles. The minimum Gasteiger partial charge on any atom is -0.544 e. The molecule has 1 N–H and O–H groups in total. The summed E-state index contributed by atoms with van der Waals surface area (Å²) in [5.41, 5.74) is 1.59. The average Bonchev–Trinajstić information content (AvgIpc) is 3.15. The van der Waals surface area contributed by atoms with E-state index in [0.717, 1.165) is 17.3 Å². The molecule has 0 aliphatic rings. The van der Waals surface area contributed by atoms with Crippen molar-refractivity contribution in [3.8, 4) is 5.75 Å². The number of carbonyl (C=O) groups excluding carboxylic acids is 1. The van der Waals surface area contributed by atoms with Crippen LogP contribution >= 0.6 is 23.4 Å². The third-order valence-electron chi connectivity index (χ3n) is 3.78. The first-order chi connectivity index (χ1) is 13.5. The summed E-state index contributed by atoms with van der Waals surface area (Å²) in [6.45, 7) is 2.28. The Bertz CT molecular complexity index is 986. The Balaban J connectivity index is 1.68. The number of aryl methyl sites for hydroxylation is 1. The van der Waals surface area contributed by atoms with Crippen molar-refractivity contribution in [2.24, 2.45) is 0 Å². The highest BCUT2D eigenvalue weighted by Crippen LogP contribution is 2.26. The summed E-state index contributed by atoms with van der Waals surface area (Å²) in [4.78, 5) is 15.7. The Labute approximate surface area is 171 Å². The zero-order valence-electron chi connectivity index (χ0n) is 15.0. The predicted molar refractivity (Wildman–Crippen MR) is 107 cm³/mol. The first-order valence-corrected chi connectivity index (χ1v) is 9.73. The molecule has 8 heteroatoms. The molecule has 0 amide bonds. The summed E-state index contributed by atoms with van der Waals surface area (Å²) < 4.78 is 5.73. The van der Waals surface area contributed by atoms with Gasteiger partial charge in [-0.1, -0.05) is 48.9 Å². The molecule has 2 aromatic carbocycles. The molecule has 0 saturated carbocycles. The number of carbonyl (C=O) groups is 1. The standard InChI is InChI=1S/C20H18ClN3O3S/c1-2-18-22-20(24-23-18)28-17(19(25)26)11-13-7-9-15(10-8-13)27-12-14-5-3-4-6-16(14)21/h3-11H,2,12H2,1H3,(H,25,26)(H,22,23,24)/p-1/b17-11-. The van der Waals surface area contributed by atoms with Gasteiger partial charge in [-0.05, 0) is 41.6 Å². The summed E-state index contributed by atoms with van der Waals surface area (Å²) >= 11 is 7.06.